The molecular formula is C13H17NO2. The monoisotopic (exact) mass is 219 g/mol. The smallest absolute Gasteiger partial charge is 0.332 e. The number of carbonyl (C=O) groups excluding carboxylic acids is 1. The summed E-state index contributed by atoms with van der Waals surface area (Å²) in [5, 5.41) is 3.16. The van der Waals surface area contributed by atoms with Crippen molar-refractivity contribution in [1.82, 2.24) is 5.32 Å². The summed E-state index contributed by atoms with van der Waals surface area (Å²) in [7, 11) is 1.37. The number of hydrogen-bond donors (Lipinski definition) is 1. The number of hydrogen-bond acceptors (Lipinski definition) is 3. The summed E-state index contributed by atoms with van der Waals surface area (Å²) >= 11 is 0. The van der Waals surface area contributed by atoms with Crippen molar-refractivity contribution in [2.24, 2.45) is 0 Å². The lowest BCUT2D eigenvalue weighted by molar-refractivity contribution is -0.134. The molecule has 0 aliphatic heterocycles. The quantitative estimate of drug-likeness (QED) is 0.607. The van der Waals surface area contributed by atoms with Crippen LogP contribution in [0.15, 0.2) is 42.1 Å². The highest BCUT2D eigenvalue weighted by Gasteiger charge is 1.96. The molecule has 0 aromatic heterocycles. The molecule has 0 radical (unpaired) electrons. The zero-order valence-corrected chi connectivity index (χ0v) is 9.69. The molecule has 0 saturated carbocycles. The molecule has 0 saturated heterocycles. The molecule has 0 heterocycles. The van der Waals surface area contributed by atoms with Crippen LogP contribution in [0.1, 0.15) is 12.5 Å². The second-order valence-corrected chi connectivity index (χ2v) is 3.51. The van der Waals surface area contributed by atoms with Gasteiger partial charge in [0.1, 0.15) is 0 Å². The SMILES string of the molecule is COC(=O)/C=C(\C)NCCc1ccccc1. The molecule has 16 heavy (non-hydrogen) atoms. The maximum Gasteiger partial charge on any atom is 0.332 e. The Balaban J connectivity index is 2.31. The third kappa shape index (κ3) is 4.64. The van der Waals surface area contributed by atoms with Gasteiger partial charge in [0.2, 0.25) is 0 Å². The molecule has 3 heteroatoms. The van der Waals surface area contributed by atoms with Crippen molar-refractivity contribution in [3.05, 3.63) is 47.7 Å². The van der Waals surface area contributed by atoms with E-state index in [-0.39, 0.29) is 5.97 Å². The average molecular weight is 219 g/mol. The molecule has 0 aliphatic carbocycles. The first-order valence-electron chi connectivity index (χ1n) is 5.26. The largest absolute Gasteiger partial charge is 0.466 e. The highest BCUT2D eigenvalue weighted by Crippen LogP contribution is 1.99. The molecule has 1 aromatic carbocycles. The molecule has 0 atom stereocenters. The van der Waals surface area contributed by atoms with E-state index in [4.69, 9.17) is 0 Å². The van der Waals surface area contributed by atoms with Gasteiger partial charge in [-0.15, -0.1) is 0 Å². The first-order valence-corrected chi connectivity index (χ1v) is 5.26. The van der Waals surface area contributed by atoms with E-state index in [1.54, 1.807) is 0 Å². The predicted octanol–water partition coefficient (Wildman–Crippen LogP) is 1.90. The van der Waals surface area contributed by atoms with Gasteiger partial charge in [0.05, 0.1) is 7.11 Å². The van der Waals surface area contributed by atoms with Crippen LogP contribution in [0.3, 0.4) is 0 Å². The lowest BCUT2D eigenvalue weighted by Gasteiger charge is -2.06. The summed E-state index contributed by atoms with van der Waals surface area (Å²) in [6.07, 6.45) is 2.39. The second-order valence-electron chi connectivity index (χ2n) is 3.51. The minimum Gasteiger partial charge on any atom is -0.466 e. The van der Waals surface area contributed by atoms with Crippen LogP contribution in [0.5, 0.6) is 0 Å². The van der Waals surface area contributed by atoms with E-state index in [0.717, 1.165) is 18.7 Å². The fourth-order valence-electron chi connectivity index (χ4n) is 1.34. The number of methoxy groups -OCH3 is 1. The Labute approximate surface area is 96.1 Å². The Bertz CT molecular complexity index is 357. The topological polar surface area (TPSA) is 38.3 Å². The van der Waals surface area contributed by atoms with Crippen LogP contribution in [0.4, 0.5) is 0 Å². The number of allylic oxidation sites excluding steroid dienone is 1. The van der Waals surface area contributed by atoms with Gasteiger partial charge in [-0.1, -0.05) is 30.3 Å². The van der Waals surface area contributed by atoms with E-state index >= 15 is 0 Å². The molecule has 1 aromatic rings. The summed E-state index contributed by atoms with van der Waals surface area (Å²) in [5.74, 6) is -0.329. The number of ether oxygens (including phenoxy) is 1. The molecular weight excluding hydrogens is 202 g/mol. The maximum absolute atomic E-state index is 10.9. The van der Waals surface area contributed by atoms with E-state index in [0.29, 0.717) is 0 Å². The minimum atomic E-state index is -0.329. The molecule has 1 N–H and O–H groups in total. The van der Waals surface area contributed by atoms with E-state index in [2.05, 4.69) is 22.2 Å². The minimum absolute atomic E-state index is 0.329. The van der Waals surface area contributed by atoms with Gasteiger partial charge in [0.25, 0.3) is 0 Å². The zero-order valence-electron chi connectivity index (χ0n) is 9.69. The van der Waals surface area contributed by atoms with Gasteiger partial charge in [-0.25, -0.2) is 4.79 Å². The number of benzene rings is 1. The van der Waals surface area contributed by atoms with Crippen molar-refractivity contribution in [2.45, 2.75) is 13.3 Å². The third-order valence-corrected chi connectivity index (χ3v) is 2.20. The Morgan fingerprint density at radius 1 is 1.38 bits per heavy atom. The van der Waals surface area contributed by atoms with Crippen LogP contribution in [0.25, 0.3) is 0 Å². The molecule has 3 nitrogen and oxygen atoms in total. The standard InChI is InChI=1S/C13H17NO2/c1-11(10-13(15)16-2)14-9-8-12-6-4-3-5-7-12/h3-7,10,14H,8-9H2,1-2H3/b11-10+. The molecule has 0 bridgehead atoms. The molecule has 0 spiro atoms. The van der Waals surface area contributed by atoms with Gasteiger partial charge < -0.3 is 10.1 Å². The summed E-state index contributed by atoms with van der Waals surface area (Å²) < 4.78 is 4.53. The molecule has 0 fully saturated rings. The van der Waals surface area contributed by atoms with Crippen LogP contribution in [-0.2, 0) is 16.0 Å². The van der Waals surface area contributed by atoms with Crippen molar-refractivity contribution in [3.8, 4) is 0 Å². The van der Waals surface area contributed by atoms with E-state index in [9.17, 15) is 4.79 Å². The Hall–Kier alpha value is -1.77. The van der Waals surface area contributed by atoms with Gasteiger partial charge >= 0.3 is 5.97 Å². The van der Waals surface area contributed by atoms with Gasteiger partial charge in [0, 0.05) is 18.3 Å². The van der Waals surface area contributed by atoms with Crippen LogP contribution < -0.4 is 5.32 Å². The van der Waals surface area contributed by atoms with Crippen molar-refractivity contribution in [3.63, 3.8) is 0 Å². The fourth-order valence-corrected chi connectivity index (χ4v) is 1.34. The summed E-state index contributed by atoms with van der Waals surface area (Å²) in [5.41, 5.74) is 2.10. The fraction of sp³-hybridized carbons (Fsp3) is 0.308. The highest BCUT2D eigenvalue weighted by molar-refractivity contribution is 5.82. The first-order chi connectivity index (χ1) is 7.72. The van der Waals surface area contributed by atoms with Crippen molar-refractivity contribution in [1.29, 1.82) is 0 Å². The number of rotatable bonds is 5. The van der Waals surface area contributed by atoms with E-state index in [1.165, 1.54) is 18.7 Å². The maximum atomic E-state index is 10.9. The Kier molecular flexibility index (Phi) is 5.12. The number of esters is 1. The molecule has 0 amide bonds. The lowest BCUT2D eigenvalue weighted by Crippen LogP contribution is -2.16. The van der Waals surface area contributed by atoms with E-state index < -0.39 is 0 Å². The Morgan fingerprint density at radius 3 is 2.69 bits per heavy atom. The number of nitrogens with one attached hydrogen (secondary N) is 1. The molecule has 1 rings (SSSR count). The van der Waals surface area contributed by atoms with E-state index in [1.807, 2.05) is 25.1 Å². The van der Waals surface area contributed by atoms with Crippen molar-refractivity contribution in [2.75, 3.05) is 13.7 Å². The van der Waals surface area contributed by atoms with Gasteiger partial charge in [-0.05, 0) is 18.9 Å². The predicted molar refractivity (Wildman–Crippen MR) is 63.9 cm³/mol. The van der Waals surface area contributed by atoms with Crippen molar-refractivity contribution < 1.29 is 9.53 Å². The lowest BCUT2D eigenvalue weighted by atomic mass is 10.1. The summed E-state index contributed by atoms with van der Waals surface area (Å²) in [6.45, 7) is 2.66. The van der Waals surface area contributed by atoms with Crippen LogP contribution >= 0.6 is 0 Å². The van der Waals surface area contributed by atoms with Gasteiger partial charge in [-0.3, -0.25) is 0 Å². The Morgan fingerprint density at radius 2 is 2.06 bits per heavy atom. The molecule has 0 unspecified atom stereocenters. The summed E-state index contributed by atoms with van der Waals surface area (Å²) in [6, 6.07) is 10.2. The van der Waals surface area contributed by atoms with Crippen LogP contribution in [-0.4, -0.2) is 19.6 Å². The van der Waals surface area contributed by atoms with Crippen LogP contribution in [0, 0.1) is 0 Å². The van der Waals surface area contributed by atoms with Crippen molar-refractivity contribution >= 4 is 5.97 Å². The zero-order chi connectivity index (χ0) is 11.8. The normalized spacial score (nSPS) is 11.0. The van der Waals surface area contributed by atoms with Crippen LogP contribution in [0.2, 0.25) is 0 Å². The number of carbonyl (C=O) groups is 1. The summed E-state index contributed by atoms with van der Waals surface area (Å²) in [4.78, 5) is 10.9. The van der Waals surface area contributed by atoms with Gasteiger partial charge in [-0.2, -0.15) is 0 Å². The second kappa shape index (κ2) is 6.67. The molecule has 86 valence electrons. The average Bonchev–Trinajstić information content (AvgIpc) is 2.30. The molecule has 0 aliphatic rings. The first kappa shape index (κ1) is 12.3. The third-order valence-electron chi connectivity index (χ3n) is 2.20. The van der Waals surface area contributed by atoms with Gasteiger partial charge in [0.15, 0.2) is 0 Å². The highest BCUT2D eigenvalue weighted by atomic mass is 16.5.